The number of hydrogen-bond donors (Lipinski definition) is 3. The van der Waals surface area contributed by atoms with Gasteiger partial charge in [-0.3, -0.25) is 0 Å². The van der Waals surface area contributed by atoms with Gasteiger partial charge in [-0.1, -0.05) is 0 Å². The fourth-order valence-corrected chi connectivity index (χ4v) is 1.64. The highest BCUT2D eigenvalue weighted by molar-refractivity contribution is 5.00. The molecule has 0 amide bonds. The minimum atomic E-state index is -1.24. The molecular formula is C7H12O6. The van der Waals surface area contributed by atoms with Crippen LogP contribution in [-0.2, 0) is 14.2 Å². The SMILES string of the molecule is OC[C@]12COCOC(C1O)[C@H](O)O2. The number of ether oxygens (including phenoxy) is 3. The third-order valence-electron chi connectivity index (χ3n) is 2.44. The van der Waals surface area contributed by atoms with Crippen LogP contribution in [0, 0.1) is 0 Å². The van der Waals surface area contributed by atoms with Crippen molar-refractivity contribution in [3.8, 4) is 0 Å². The Hall–Kier alpha value is -0.240. The van der Waals surface area contributed by atoms with Crippen molar-refractivity contribution >= 4 is 0 Å². The molecule has 76 valence electrons. The molecule has 0 aromatic heterocycles. The van der Waals surface area contributed by atoms with Crippen molar-refractivity contribution in [2.75, 3.05) is 20.0 Å². The summed E-state index contributed by atoms with van der Waals surface area (Å²) in [5.74, 6) is 0. The van der Waals surface area contributed by atoms with Gasteiger partial charge < -0.3 is 29.5 Å². The van der Waals surface area contributed by atoms with E-state index in [0.29, 0.717) is 0 Å². The maximum atomic E-state index is 9.66. The minimum Gasteiger partial charge on any atom is -0.393 e. The van der Waals surface area contributed by atoms with Gasteiger partial charge in [-0.25, -0.2) is 0 Å². The van der Waals surface area contributed by atoms with Crippen LogP contribution in [0.2, 0.25) is 0 Å². The van der Waals surface area contributed by atoms with E-state index in [1.165, 1.54) is 0 Å². The predicted octanol–water partition coefficient (Wildman–Crippen LogP) is -2.20. The second-order valence-electron chi connectivity index (χ2n) is 3.27. The third-order valence-corrected chi connectivity index (χ3v) is 2.44. The van der Waals surface area contributed by atoms with Crippen LogP contribution in [0.15, 0.2) is 0 Å². The van der Waals surface area contributed by atoms with Crippen molar-refractivity contribution in [2.24, 2.45) is 0 Å². The second kappa shape index (κ2) is 3.16. The van der Waals surface area contributed by atoms with Crippen molar-refractivity contribution in [3.63, 3.8) is 0 Å². The average Bonchev–Trinajstić information content (AvgIpc) is 2.26. The summed E-state index contributed by atoms with van der Waals surface area (Å²) in [6.45, 7) is -0.410. The number of fused-ring (bicyclic) bond motifs is 2. The van der Waals surface area contributed by atoms with Crippen LogP contribution in [0.4, 0.5) is 0 Å². The van der Waals surface area contributed by atoms with Crippen LogP contribution in [0.1, 0.15) is 0 Å². The molecule has 2 saturated heterocycles. The van der Waals surface area contributed by atoms with Gasteiger partial charge in [0.15, 0.2) is 6.29 Å². The molecule has 0 aromatic rings. The van der Waals surface area contributed by atoms with Crippen molar-refractivity contribution in [3.05, 3.63) is 0 Å². The van der Waals surface area contributed by atoms with Crippen molar-refractivity contribution in [2.45, 2.75) is 24.1 Å². The first-order valence-corrected chi connectivity index (χ1v) is 4.04. The number of aliphatic hydroxyl groups excluding tert-OH is 3. The molecule has 6 nitrogen and oxygen atoms in total. The summed E-state index contributed by atoms with van der Waals surface area (Å²) in [5.41, 5.74) is -1.24. The number of aliphatic hydroxyl groups is 3. The van der Waals surface area contributed by atoms with Crippen LogP contribution in [0.5, 0.6) is 0 Å². The number of hydrogen-bond acceptors (Lipinski definition) is 6. The molecule has 0 aliphatic carbocycles. The first-order valence-electron chi connectivity index (χ1n) is 4.04. The second-order valence-corrected chi connectivity index (χ2v) is 3.27. The molecule has 2 fully saturated rings. The zero-order valence-corrected chi connectivity index (χ0v) is 6.92. The molecule has 13 heavy (non-hydrogen) atoms. The van der Waals surface area contributed by atoms with Gasteiger partial charge in [0.1, 0.15) is 24.6 Å². The Balaban J connectivity index is 2.24. The molecule has 3 N–H and O–H groups in total. The fraction of sp³-hybridized carbons (Fsp3) is 1.00. The van der Waals surface area contributed by atoms with Crippen LogP contribution in [0.25, 0.3) is 0 Å². The topological polar surface area (TPSA) is 88.4 Å². The van der Waals surface area contributed by atoms with Crippen molar-refractivity contribution < 1.29 is 29.5 Å². The van der Waals surface area contributed by atoms with E-state index in [9.17, 15) is 10.2 Å². The Morgan fingerprint density at radius 1 is 1.38 bits per heavy atom. The molecule has 0 saturated carbocycles. The molecule has 0 radical (unpaired) electrons. The maximum Gasteiger partial charge on any atom is 0.184 e. The summed E-state index contributed by atoms with van der Waals surface area (Å²) >= 11 is 0. The molecule has 2 bridgehead atoms. The highest BCUT2D eigenvalue weighted by Gasteiger charge is 2.56. The van der Waals surface area contributed by atoms with Gasteiger partial charge in [0.05, 0.1) is 13.2 Å². The summed E-state index contributed by atoms with van der Waals surface area (Å²) in [6, 6.07) is 0. The first kappa shape index (κ1) is 9.32. The van der Waals surface area contributed by atoms with Crippen LogP contribution in [-0.4, -0.2) is 59.4 Å². The van der Waals surface area contributed by atoms with Gasteiger partial charge in [-0.05, 0) is 0 Å². The van der Waals surface area contributed by atoms with Crippen molar-refractivity contribution in [1.29, 1.82) is 0 Å². The van der Waals surface area contributed by atoms with Gasteiger partial charge in [0, 0.05) is 0 Å². The van der Waals surface area contributed by atoms with Crippen LogP contribution >= 0.6 is 0 Å². The van der Waals surface area contributed by atoms with E-state index in [4.69, 9.17) is 19.3 Å². The standard InChI is InChI=1S/C7H12O6/c8-1-7-2-11-3-12-4(5(7)9)6(10)13-7/h4-6,8-10H,1-3H2/t4?,5?,6-,7+/m1/s1. The highest BCUT2D eigenvalue weighted by atomic mass is 16.7. The summed E-state index contributed by atoms with van der Waals surface area (Å²) in [5, 5.41) is 28.0. The van der Waals surface area contributed by atoms with Gasteiger partial charge in [0.25, 0.3) is 0 Å². The van der Waals surface area contributed by atoms with Gasteiger partial charge >= 0.3 is 0 Å². The molecule has 2 unspecified atom stereocenters. The lowest BCUT2D eigenvalue weighted by Gasteiger charge is -2.27. The predicted molar refractivity (Wildman–Crippen MR) is 38.6 cm³/mol. The average molecular weight is 192 g/mol. The Morgan fingerprint density at radius 2 is 2.15 bits per heavy atom. The Bertz CT molecular complexity index is 197. The fourth-order valence-electron chi connectivity index (χ4n) is 1.64. The quantitative estimate of drug-likeness (QED) is 0.437. The lowest BCUT2D eigenvalue weighted by molar-refractivity contribution is -0.234. The number of rotatable bonds is 1. The Kier molecular flexibility index (Phi) is 2.26. The Morgan fingerprint density at radius 3 is 2.85 bits per heavy atom. The minimum absolute atomic E-state index is 0.0100. The van der Waals surface area contributed by atoms with Gasteiger partial charge in [-0.15, -0.1) is 0 Å². The van der Waals surface area contributed by atoms with Crippen LogP contribution in [0.3, 0.4) is 0 Å². The smallest absolute Gasteiger partial charge is 0.184 e. The molecule has 2 rings (SSSR count). The van der Waals surface area contributed by atoms with Gasteiger partial charge in [-0.2, -0.15) is 0 Å². The molecule has 0 aromatic carbocycles. The summed E-state index contributed by atoms with van der Waals surface area (Å²) in [4.78, 5) is 0. The zero-order chi connectivity index (χ0) is 9.47. The first-order chi connectivity index (χ1) is 6.19. The Labute approximate surface area is 74.6 Å². The maximum absolute atomic E-state index is 9.66. The van der Waals surface area contributed by atoms with E-state index in [0.717, 1.165) is 0 Å². The molecular weight excluding hydrogens is 180 g/mol. The van der Waals surface area contributed by atoms with E-state index < -0.39 is 30.7 Å². The summed E-state index contributed by atoms with van der Waals surface area (Å²) in [7, 11) is 0. The lowest BCUT2D eigenvalue weighted by Crippen LogP contribution is -2.48. The monoisotopic (exact) mass is 192 g/mol. The van der Waals surface area contributed by atoms with Crippen LogP contribution < -0.4 is 0 Å². The van der Waals surface area contributed by atoms with E-state index in [1.807, 2.05) is 0 Å². The molecule has 2 aliphatic rings. The van der Waals surface area contributed by atoms with Crippen molar-refractivity contribution in [1.82, 2.24) is 0 Å². The van der Waals surface area contributed by atoms with E-state index in [-0.39, 0.29) is 13.4 Å². The highest BCUT2D eigenvalue weighted by Crippen LogP contribution is 2.34. The normalized spacial score (nSPS) is 50.5. The van der Waals surface area contributed by atoms with E-state index >= 15 is 0 Å². The lowest BCUT2D eigenvalue weighted by atomic mass is 9.97. The zero-order valence-electron chi connectivity index (χ0n) is 6.92. The summed E-state index contributed by atoms with van der Waals surface area (Å²) in [6.07, 6.45) is -3.10. The molecule has 0 spiro atoms. The summed E-state index contributed by atoms with van der Waals surface area (Å²) < 4.78 is 15.0. The molecule has 2 heterocycles. The molecule has 4 atom stereocenters. The third kappa shape index (κ3) is 1.26. The van der Waals surface area contributed by atoms with E-state index in [2.05, 4.69) is 0 Å². The molecule has 6 heteroatoms. The molecule has 2 aliphatic heterocycles. The van der Waals surface area contributed by atoms with E-state index in [1.54, 1.807) is 0 Å². The largest absolute Gasteiger partial charge is 0.393 e. The van der Waals surface area contributed by atoms with Gasteiger partial charge in [0.2, 0.25) is 0 Å².